The van der Waals surface area contributed by atoms with Gasteiger partial charge in [-0.15, -0.1) is 11.8 Å². The molecule has 244 valence electrons. The first-order valence-corrected chi connectivity index (χ1v) is 15.8. The lowest BCUT2D eigenvalue weighted by molar-refractivity contribution is -0.119. The van der Waals surface area contributed by atoms with E-state index >= 15 is 0 Å². The van der Waals surface area contributed by atoms with E-state index in [4.69, 9.17) is 9.47 Å². The van der Waals surface area contributed by atoms with Gasteiger partial charge in [0.05, 0.1) is 31.6 Å². The van der Waals surface area contributed by atoms with Crippen LogP contribution in [0.1, 0.15) is 29.3 Å². The number of nitrogens with zero attached hydrogens (tertiary/aromatic N) is 2. The number of carbonyl (C=O) groups excluding carboxylic acids is 4. The summed E-state index contributed by atoms with van der Waals surface area (Å²) < 4.78 is 10.9. The molecule has 3 N–H and O–H groups in total. The van der Waals surface area contributed by atoms with Gasteiger partial charge in [-0.25, -0.2) is 0 Å². The van der Waals surface area contributed by atoms with Gasteiger partial charge in [-0.05, 0) is 67.6 Å². The molecule has 12 heteroatoms. The van der Waals surface area contributed by atoms with E-state index in [1.807, 2.05) is 18.2 Å². The zero-order chi connectivity index (χ0) is 34.0. The van der Waals surface area contributed by atoms with Crippen LogP contribution in [0.2, 0.25) is 0 Å². The normalized spacial score (nSPS) is 13.3. The second-order valence-electron chi connectivity index (χ2n) is 10.5. The summed E-state index contributed by atoms with van der Waals surface area (Å²) in [5.41, 5.74) is 1.99. The topological polar surface area (TPSA) is 138 Å². The number of amides is 4. The van der Waals surface area contributed by atoms with Crippen LogP contribution in [0, 0.1) is 0 Å². The number of hydrogen-bond donors (Lipinski definition) is 3. The predicted octanol–water partition coefficient (Wildman–Crippen LogP) is 5.46. The van der Waals surface area contributed by atoms with Gasteiger partial charge in [0.15, 0.2) is 11.5 Å². The van der Waals surface area contributed by atoms with Crippen LogP contribution >= 0.6 is 11.8 Å². The minimum atomic E-state index is -0.561. The van der Waals surface area contributed by atoms with E-state index in [-0.39, 0.29) is 29.8 Å². The number of thioether (sulfide) groups is 1. The van der Waals surface area contributed by atoms with Crippen LogP contribution in [0.4, 0.5) is 11.4 Å². The van der Waals surface area contributed by atoms with Crippen molar-refractivity contribution in [3.8, 4) is 11.5 Å². The van der Waals surface area contributed by atoms with Gasteiger partial charge in [0, 0.05) is 21.7 Å². The van der Waals surface area contributed by atoms with Crippen molar-refractivity contribution >= 4 is 58.7 Å². The smallest absolute Gasteiger partial charge is 0.272 e. The molecule has 0 saturated carbocycles. The van der Waals surface area contributed by atoms with Gasteiger partial charge in [0.25, 0.3) is 17.7 Å². The summed E-state index contributed by atoms with van der Waals surface area (Å²) in [6, 6.07) is 29.7. The first-order chi connectivity index (χ1) is 23.2. The summed E-state index contributed by atoms with van der Waals surface area (Å²) in [5.74, 6) is -0.388. The van der Waals surface area contributed by atoms with Gasteiger partial charge >= 0.3 is 0 Å². The second kappa shape index (κ2) is 15.6. The molecule has 4 aromatic carbocycles. The van der Waals surface area contributed by atoms with Gasteiger partial charge in [-0.1, -0.05) is 48.5 Å². The van der Waals surface area contributed by atoms with Crippen molar-refractivity contribution in [1.29, 1.82) is 0 Å². The van der Waals surface area contributed by atoms with E-state index in [0.29, 0.717) is 34.0 Å². The maximum atomic E-state index is 13.5. The standard InChI is InChI=1S/C36H33N5O6S/c1-23(34(43)39-31-22-32(42)41(40-31)27-14-8-5-9-15-27)48-28-19-17-26(18-20-28)37-36(45)29(38-35(44)24-11-6-4-7-12-24)21-25-13-10-16-30(46-2)33(25)47-3/h4-21,23H,22H2,1-3H3,(H,37,45)(H,38,44)(H,39,40,43)/b29-21-. The van der Waals surface area contributed by atoms with Crippen molar-refractivity contribution in [3.63, 3.8) is 0 Å². The number of amidine groups is 1. The monoisotopic (exact) mass is 663 g/mol. The van der Waals surface area contributed by atoms with Crippen LogP contribution in [-0.2, 0) is 14.4 Å². The lowest BCUT2D eigenvalue weighted by atomic mass is 10.1. The number of benzene rings is 4. The molecule has 1 heterocycles. The Morgan fingerprint density at radius 2 is 1.54 bits per heavy atom. The van der Waals surface area contributed by atoms with E-state index in [9.17, 15) is 19.2 Å². The summed E-state index contributed by atoms with van der Waals surface area (Å²) in [4.78, 5) is 52.7. The number of methoxy groups -OCH3 is 2. The number of ether oxygens (including phenoxy) is 2. The fourth-order valence-electron chi connectivity index (χ4n) is 4.71. The van der Waals surface area contributed by atoms with Crippen LogP contribution in [0.15, 0.2) is 119 Å². The van der Waals surface area contributed by atoms with E-state index in [0.717, 1.165) is 4.90 Å². The maximum absolute atomic E-state index is 13.5. The molecular formula is C36H33N5O6S. The Morgan fingerprint density at radius 1 is 0.854 bits per heavy atom. The van der Waals surface area contributed by atoms with Crippen LogP contribution in [0.5, 0.6) is 11.5 Å². The average Bonchev–Trinajstić information content (AvgIpc) is 3.48. The lowest BCUT2D eigenvalue weighted by Gasteiger charge is -2.14. The van der Waals surface area contributed by atoms with Crippen LogP contribution < -0.4 is 30.4 Å². The van der Waals surface area contributed by atoms with E-state index in [2.05, 4.69) is 21.1 Å². The summed E-state index contributed by atoms with van der Waals surface area (Å²) in [7, 11) is 3.00. The third-order valence-electron chi connectivity index (χ3n) is 7.10. The Balaban J connectivity index is 1.25. The number of rotatable bonds is 11. The first kappa shape index (κ1) is 33.5. The van der Waals surface area contributed by atoms with Crippen molar-refractivity contribution < 1.29 is 28.7 Å². The Kier molecular flexibility index (Phi) is 10.9. The first-order valence-electron chi connectivity index (χ1n) is 14.9. The van der Waals surface area contributed by atoms with Gasteiger partial charge in [0.1, 0.15) is 11.5 Å². The highest BCUT2D eigenvalue weighted by Gasteiger charge is 2.27. The summed E-state index contributed by atoms with van der Waals surface area (Å²) in [6.07, 6.45) is 1.52. The van der Waals surface area contributed by atoms with Crippen LogP contribution in [-0.4, -0.2) is 48.9 Å². The fourth-order valence-corrected chi connectivity index (χ4v) is 5.58. The zero-order valence-electron chi connectivity index (χ0n) is 26.4. The van der Waals surface area contributed by atoms with E-state index < -0.39 is 17.1 Å². The quantitative estimate of drug-likeness (QED) is 0.143. The average molecular weight is 664 g/mol. The molecular weight excluding hydrogens is 630 g/mol. The molecule has 0 aliphatic carbocycles. The molecule has 0 saturated heterocycles. The molecule has 0 radical (unpaired) electrons. The summed E-state index contributed by atoms with van der Waals surface area (Å²) in [6.45, 7) is 1.75. The molecule has 1 unspecified atom stereocenters. The third kappa shape index (κ3) is 8.28. The van der Waals surface area contributed by atoms with Crippen molar-refractivity contribution in [3.05, 3.63) is 120 Å². The molecule has 5 rings (SSSR count). The van der Waals surface area contributed by atoms with Crippen LogP contribution in [0.3, 0.4) is 0 Å². The SMILES string of the molecule is COc1cccc(/C=C(\NC(=O)c2ccccc2)C(=O)Nc2ccc(SC(C)C(=O)NC3=NN(c4ccccc4)C(=O)C3)cc2)c1OC. The Morgan fingerprint density at radius 3 is 2.21 bits per heavy atom. The zero-order valence-corrected chi connectivity index (χ0v) is 27.2. The molecule has 0 bridgehead atoms. The Labute approximate surface area is 282 Å². The van der Waals surface area contributed by atoms with Gasteiger partial charge in [-0.3, -0.25) is 19.2 Å². The highest BCUT2D eigenvalue weighted by molar-refractivity contribution is 8.00. The number of para-hydroxylation sites is 2. The minimum absolute atomic E-state index is 0.000743. The Bertz CT molecular complexity index is 1860. The molecule has 48 heavy (non-hydrogen) atoms. The molecule has 1 aliphatic heterocycles. The number of nitrogens with one attached hydrogen (secondary N) is 3. The van der Waals surface area contributed by atoms with E-state index in [1.165, 1.54) is 37.1 Å². The number of anilines is 2. The van der Waals surface area contributed by atoms with Gasteiger partial charge in [-0.2, -0.15) is 10.1 Å². The molecule has 4 aromatic rings. The van der Waals surface area contributed by atoms with Crippen LogP contribution in [0.25, 0.3) is 6.08 Å². The maximum Gasteiger partial charge on any atom is 0.272 e. The lowest BCUT2D eigenvalue weighted by Crippen LogP contribution is -2.35. The van der Waals surface area contributed by atoms with E-state index in [1.54, 1.807) is 91.9 Å². The van der Waals surface area contributed by atoms with Crippen molar-refractivity contribution in [2.24, 2.45) is 5.10 Å². The molecule has 1 atom stereocenters. The number of carbonyl (C=O) groups is 4. The fraction of sp³-hybridized carbons (Fsp3) is 0.139. The predicted molar refractivity (Wildman–Crippen MR) is 186 cm³/mol. The molecule has 0 aromatic heterocycles. The summed E-state index contributed by atoms with van der Waals surface area (Å²) >= 11 is 1.31. The molecule has 4 amide bonds. The highest BCUT2D eigenvalue weighted by Crippen LogP contribution is 2.32. The molecule has 1 aliphatic rings. The molecule has 0 spiro atoms. The minimum Gasteiger partial charge on any atom is -0.493 e. The molecule has 0 fully saturated rings. The van der Waals surface area contributed by atoms with Crippen molar-refractivity contribution in [1.82, 2.24) is 10.6 Å². The third-order valence-corrected chi connectivity index (χ3v) is 8.21. The van der Waals surface area contributed by atoms with Crippen molar-refractivity contribution in [2.45, 2.75) is 23.5 Å². The summed E-state index contributed by atoms with van der Waals surface area (Å²) in [5, 5.41) is 13.3. The highest BCUT2D eigenvalue weighted by atomic mass is 32.2. The second-order valence-corrected chi connectivity index (χ2v) is 11.9. The largest absolute Gasteiger partial charge is 0.493 e. The Hall–Kier alpha value is -5.88. The number of hydrazone groups is 1. The van der Waals surface area contributed by atoms with Crippen molar-refractivity contribution in [2.75, 3.05) is 24.5 Å². The van der Waals surface area contributed by atoms with Gasteiger partial charge in [0.2, 0.25) is 5.91 Å². The number of hydrogen-bond acceptors (Lipinski definition) is 8. The molecule has 11 nitrogen and oxygen atoms in total. The van der Waals surface area contributed by atoms with Gasteiger partial charge < -0.3 is 25.4 Å².